The van der Waals surface area contributed by atoms with Gasteiger partial charge in [0.05, 0.1) is 10.9 Å². The molecule has 2 heterocycles. The summed E-state index contributed by atoms with van der Waals surface area (Å²) in [6.45, 7) is -0.484. The van der Waals surface area contributed by atoms with Crippen LogP contribution in [0.4, 0.5) is 0 Å². The van der Waals surface area contributed by atoms with Crippen molar-refractivity contribution >= 4 is 52.6 Å². The van der Waals surface area contributed by atoms with Crippen molar-refractivity contribution in [1.29, 1.82) is 0 Å². The predicted octanol–water partition coefficient (Wildman–Crippen LogP) is 1.08. The van der Waals surface area contributed by atoms with E-state index in [2.05, 4.69) is 4.99 Å². The van der Waals surface area contributed by atoms with Gasteiger partial charge in [0, 0.05) is 10.2 Å². The number of carbonyl (C=O) groups excluding carboxylic acids is 1. The van der Waals surface area contributed by atoms with E-state index in [0.717, 1.165) is 15.9 Å². The molecule has 0 fully saturated rings. The first-order chi connectivity index (χ1) is 10.4. The summed E-state index contributed by atoms with van der Waals surface area (Å²) in [4.78, 5) is 27.0. The summed E-state index contributed by atoms with van der Waals surface area (Å²) < 4.78 is 1.21. The van der Waals surface area contributed by atoms with E-state index in [0.29, 0.717) is 15.6 Å². The summed E-state index contributed by atoms with van der Waals surface area (Å²) in [5, 5.41) is 20.4. The maximum absolute atomic E-state index is 12.1. The van der Waals surface area contributed by atoms with Crippen molar-refractivity contribution < 1.29 is 19.8 Å². The Labute approximate surface area is 137 Å². The highest BCUT2D eigenvalue weighted by Crippen LogP contribution is 2.32. The molecule has 0 spiro atoms. The lowest BCUT2D eigenvalue weighted by atomic mass is 10.1. The zero-order valence-electron chi connectivity index (χ0n) is 10.7. The number of hydrogen-bond donors (Lipinski definition) is 2. The molecule has 1 aromatic heterocycles. The molecule has 9 heteroatoms. The molecule has 1 amide bonds. The van der Waals surface area contributed by atoms with Crippen molar-refractivity contribution in [2.24, 2.45) is 4.99 Å². The third-order valence-corrected chi connectivity index (χ3v) is 4.74. The molecule has 0 saturated carbocycles. The first-order valence-electron chi connectivity index (χ1n) is 5.96. The molecule has 112 valence electrons. The Balaban J connectivity index is 2.31. The van der Waals surface area contributed by atoms with Gasteiger partial charge in [0.1, 0.15) is 11.4 Å². The fraction of sp³-hybridized carbons (Fsp3) is 0.0769. The van der Waals surface area contributed by atoms with Gasteiger partial charge in [-0.3, -0.25) is 14.2 Å². The number of aromatic nitrogens is 1. The Kier molecular flexibility index (Phi) is 3.59. The van der Waals surface area contributed by atoms with Gasteiger partial charge in [-0.2, -0.15) is 0 Å². The first kappa shape index (κ1) is 14.9. The van der Waals surface area contributed by atoms with Gasteiger partial charge in [-0.15, -0.1) is 11.3 Å². The topological polar surface area (TPSA) is 91.9 Å². The maximum Gasteiger partial charge on any atom is 0.323 e. The zero-order chi connectivity index (χ0) is 16.0. The predicted molar refractivity (Wildman–Crippen MR) is 82.2 cm³/mol. The van der Waals surface area contributed by atoms with Gasteiger partial charge in [0.2, 0.25) is 5.88 Å². The van der Waals surface area contributed by atoms with Gasteiger partial charge in [-0.05, 0) is 30.4 Å². The lowest BCUT2D eigenvalue weighted by molar-refractivity contribution is -0.137. The molecule has 3 rings (SSSR count). The van der Waals surface area contributed by atoms with Gasteiger partial charge in [0.25, 0.3) is 5.91 Å². The monoisotopic (exact) mass is 354 g/mol. The molecular formula is C13H7ClN2O4S2. The van der Waals surface area contributed by atoms with Crippen LogP contribution < -0.4 is 10.6 Å². The number of halogens is 1. The number of rotatable bonds is 3. The summed E-state index contributed by atoms with van der Waals surface area (Å²) in [5.74, 6) is -2.03. The molecule has 0 bridgehead atoms. The van der Waals surface area contributed by atoms with E-state index in [1.807, 2.05) is 0 Å². The Morgan fingerprint density at radius 3 is 2.86 bits per heavy atom. The average Bonchev–Trinajstić information content (AvgIpc) is 2.88. The SMILES string of the molecule is O=C(O)Cn1c(O)c(C2=c3cc(Cl)ccc3=NC2=O)sc1=S. The number of hydrogen-bond acceptors (Lipinski definition) is 5. The fourth-order valence-corrected chi connectivity index (χ4v) is 3.65. The number of fused-ring (bicyclic) bond motifs is 1. The Morgan fingerprint density at radius 2 is 2.18 bits per heavy atom. The van der Waals surface area contributed by atoms with E-state index in [-0.39, 0.29) is 20.3 Å². The summed E-state index contributed by atoms with van der Waals surface area (Å²) in [7, 11) is 0. The van der Waals surface area contributed by atoms with Crippen molar-refractivity contribution in [3.8, 4) is 5.88 Å². The van der Waals surface area contributed by atoms with Gasteiger partial charge in [0.15, 0.2) is 3.95 Å². The van der Waals surface area contributed by atoms with Gasteiger partial charge in [-0.25, -0.2) is 4.99 Å². The lowest BCUT2D eigenvalue weighted by Crippen LogP contribution is -2.22. The minimum Gasteiger partial charge on any atom is -0.493 e. The second kappa shape index (κ2) is 5.31. The molecule has 1 aliphatic rings. The maximum atomic E-state index is 12.1. The Hall–Kier alpha value is -2.03. The number of carboxylic acids is 1. The largest absolute Gasteiger partial charge is 0.493 e. The fourth-order valence-electron chi connectivity index (χ4n) is 2.14. The molecule has 0 radical (unpaired) electrons. The molecule has 0 atom stereocenters. The highest BCUT2D eigenvalue weighted by Gasteiger charge is 2.25. The molecule has 0 aliphatic carbocycles. The average molecular weight is 355 g/mol. The van der Waals surface area contributed by atoms with Crippen molar-refractivity contribution in [3.05, 3.63) is 42.6 Å². The quantitative estimate of drug-likeness (QED) is 0.805. The van der Waals surface area contributed by atoms with E-state index < -0.39 is 18.4 Å². The standard InChI is InChI=1S/C13H7ClN2O4S2/c14-5-1-2-7-6(3-5)9(11(19)15-7)10-12(20)16(4-8(17)18)13(21)22-10/h1-3,20H,4H2,(H,17,18). The number of nitrogens with zero attached hydrogens (tertiary/aromatic N) is 2. The number of amides is 1. The number of thiazole rings is 1. The second-order valence-corrected chi connectivity index (χ2v) is 6.53. The van der Waals surface area contributed by atoms with Crippen LogP contribution in [0.1, 0.15) is 4.88 Å². The Bertz CT molecular complexity index is 1010. The van der Waals surface area contributed by atoms with Gasteiger partial charge < -0.3 is 10.2 Å². The summed E-state index contributed by atoms with van der Waals surface area (Å²) in [5.41, 5.74) is 0.176. The van der Waals surface area contributed by atoms with E-state index >= 15 is 0 Å². The minimum atomic E-state index is -1.15. The molecule has 2 aromatic rings. The number of aliphatic carboxylic acids is 1. The number of carbonyl (C=O) groups is 2. The van der Waals surface area contributed by atoms with E-state index in [4.69, 9.17) is 28.9 Å². The smallest absolute Gasteiger partial charge is 0.323 e. The minimum absolute atomic E-state index is 0.158. The highest BCUT2D eigenvalue weighted by atomic mass is 35.5. The van der Waals surface area contributed by atoms with Crippen molar-refractivity contribution in [3.63, 3.8) is 0 Å². The molecule has 1 aromatic carbocycles. The molecule has 1 aliphatic heterocycles. The van der Waals surface area contributed by atoms with Crippen LogP contribution in [0.5, 0.6) is 5.88 Å². The van der Waals surface area contributed by atoms with Gasteiger partial charge >= 0.3 is 5.97 Å². The lowest BCUT2D eigenvalue weighted by Gasteiger charge is -2.01. The van der Waals surface area contributed by atoms with Crippen LogP contribution in [0.15, 0.2) is 23.2 Å². The highest BCUT2D eigenvalue weighted by molar-refractivity contribution is 7.73. The van der Waals surface area contributed by atoms with Crippen LogP contribution in [0.3, 0.4) is 0 Å². The van der Waals surface area contributed by atoms with Gasteiger partial charge in [-0.1, -0.05) is 11.6 Å². The number of aromatic hydroxyl groups is 1. The van der Waals surface area contributed by atoms with Crippen LogP contribution in [-0.4, -0.2) is 26.7 Å². The summed E-state index contributed by atoms with van der Waals surface area (Å²) >= 11 is 12.0. The normalized spacial score (nSPS) is 13.1. The van der Waals surface area contributed by atoms with Crippen molar-refractivity contribution in [1.82, 2.24) is 4.57 Å². The zero-order valence-corrected chi connectivity index (χ0v) is 13.1. The van der Waals surface area contributed by atoms with Crippen LogP contribution >= 0.6 is 35.2 Å². The molecular weight excluding hydrogens is 348 g/mol. The molecule has 0 saturated heterocycles. The second-order valence-electron chi connectivity index (χ2n) is 4.45. The molecule has 6 nitrogen and oxygen atoms in total. The van der Waals surface area contributed by atoms with Crippen LogP contribution in [-0.2, 0) is 16.1 Å². The summed E-state index contributed by atoms with van der Waals surface area (Å²) in [6, 6.07) is 4.79. The van der Waals surface area contributed by atoms with E-state index in [1.54, 1.807) is 18.2 Å². The van der Waals surface area contributed by atoms with Crippen LogP contribution in [0, 0.1) is 3.95 Å². The van der Waals surface area contributed by atoms with Crippen LogP contribution in [0.25, 0.3) is 5.57 Å². The molecule has 0 unspecified atom stereocenters. The molecule has 22 heavy (non-hydrogen) atoms. The summed E-state index contributed by atoms with van der Waals surface area (Å²) in [6.07, 6.45) is 0. The first-order valence-corrected chi connectivity index (χ1v) is 7.56. The number of carboxylic acid groups (broad SMARTS) is 1. The van der Waals surface area contributed by atoms with E-state index in [9.17, 15) is 14.7 Å². The number of benzene rings is 1. The van der Waals surface area contributed by atoms with Crippen LogP contribution in [0.2, 0.25) is 5.02 Å². The van der Waals surface area contributed by atoms with Crippen molar-refractivity contribution in [2.75, 3.05) is 0 Å². The third kappa shape index (κ3) is 2.35. The third-order valence-electron chi connectivity index (χ3n) is 3.05. The molecule has 2 N–H and O–H groups in total. The van der Waals surface area contributed by atoms with Crippen molar-refractivity contribution in [2.45, 2.75) is 6.54 Å². The Morgan fingerprint density at radius 1 is 1.45 bits per heavy atom. The van der Waals surface area contributed by atoms with E-state index in [1.165, 1.54) is 0 Å².